The summed E-state index contributed by atoms with van der Waals surface area (Å²) in [5.74, 6) is 0.430. The number of anilines is 1. The number of benzene rings is 2. The average molecular weight is 1160 g/mol. The fourth-order valence-electron chi connectivity index (χ4n) is 9.54. The molecule has 2 aromatic carbocycles. The van der Waals surface area contributed by atoms with Crippen LogP contribution in [-0.2, 0) is 36.8 Å². The third-order valence-corrected chi connectivity index (χ3v) is 14.7. The van der Waals surface area contributed by atoms with E-state index in [1.54, 1.807) is 17.7 Å². The van der Waals surface area contributed by atoms with E-state index in [-0.39, 0.29) is 21.8 Å². The summed E-state index contributed by atoms with van der Waals surface area (Å²) in [7, 11) is 1.60. The Bertz CT molecular complexity index is 2810. The van der Waals surface area contributed by atoms with Crippen molar-refractivity contribution >= 4 is 35.6 Å². The number of alkyl carbamates (subject to hydrolysis) is 2. The number of nitrogens with zero attached hydrogens (tertiary/aromatic N) is 6. The summed E-state index contributed by atoms with van der Waals surface area (Å²) in [5.41, 5.74) is -0.129. The van der Waals surface area contributed by atoms with Gasteiger partial charge in [-0.05, 0) is 76.8 Å². The lowest BCUT2D eigenvalue weighted by atomic mass is 9.82. The molecule has 2 bridgehead atoms. The van der Waals surface area contributed by atoms with Crippen LogP contribution in [0.25, 0.3) is 5.70 Å². The largest absolute Gasteiger partial charge is 0.453 e. The van der Waals surface area contributed by atoms with Crippen LogP contribution in [-0.4, -0.2) is 162 Å². The fourth-order valence-corrected chi connectivity index (χ4v) is 9.54. The molecule has 1 aromatic heterocycles. The Labute approximate surface area is 458 Å². The van der Waals surface area contributed by atoms with Gasteiger partial charge < -0.3 is 45.6 Å². The summed E-state index contributed by atoms with van der Waals surface area (Å²) < 4.78 is 160. The number of nitrogens with one attached hydrogen (secondary N) is 6. The molecule has 2 unspecified atom stereocenters. The maximum Gasteiger partial charge on any atom is 0.407 e. The first kappa shape index (κ1) is 61.4. The van der Waals surface area contributed by atoms with E-state index in [9.17, 15) is 59.4 Å². The average Bonchev–Trinajstić information content (AvgIpc) is 4.26. The topological polar surface area (TPSA) is 227 Å². The van der Waals surface area contributed by atoms with Crippen molar-refractivity contribution in [2.45, 2.75) is 115 Å². The molecule has 5 heterocycles. The standard InChI is InChI=1S/C51H60F10N12O8/c1-48(2,50(56,57)58)40(65-46(77)79-5)42(75)64-37(15-28-10-7-27(8-11-28)9-12-29-18-62-45(63-19-29)70-20-31-13-14-32(21-70)73(31)33-25-81-26-33)39(74)24-71(68-43(76)41(66-47(78)80-6)49(3,4)51(59,60)61)22-34-35(52)16-30(17-36(34)53)38-23-72(44(54)55)69-67-38/h7-8,10-11,16-19,23,31-33,37,39-41,44,67,69,74H,13-15,20-22,24-26H2,1-6H3,(H,64,75)(H,65,77)(H,66,78)(H,68,76)/t31?,32?,37-,39-,40+,41+/m0/s1. The van der Waals surface area contributed by atoms with Crippen molar-refractivity contribution in [2.24, 2.45) is 10.8 Å². The molecule has 6 atom stereocenters. The van der Waals surface area contributed by atoms with Gasteiger partial charge in [0.05, 0.1) is 67.7 Å². The van der Waals surface area contributed by atoms with Crippen molar-refractivity contribution in [3.8, 4) is 11.8 Å². The Morgan fingerprint density at radius 3 is 1.81 bits per heavy atom. The number of aromatic nitrogens is 2. The van der Waals surface area contributed by atoms with Crippen LogP contribution < -0.4 is 37.2 Å². The summed E-state index contributed by atoms with van der Waals surface area (Å²) in [6.45, 7) is -0.112. The van der Waals surface area contributed by atoms with Gasteiger partial charge in [-0.15, -0.1) is 5.53 Å². The van der Waals surface area contributed by atoms with Gasteiger partial charge in [0.2, 0.25) is 11.9 Å². The quantitative estimate of drug-likeness (QED) is 0.0377. The van der Waals surface area contributed by atoms with E-state index < -0.39 is 115 Å². The van der Waals surface area contributed by atoms with Gasteiger partial charge in [-0.25, -0.2) is 38.4 Å². The summed E-state index contributed by atoms with van der Waals surface area (Å²) in [4.78, 5) is 66.7. The Balaban J connectivity index is 1.18. The molecular formula is C51H60F10N12O8. The molecule has 7 rings (SSSR count). The number of piperazine rings is 1. The molecule has 0 radical (unpaired) electrons. The molecule has 0 aliphatic carbocycles. The smallest absolute Gasteiger partial charge is 0.407 e. The number of ether oxygens (including phenoxy) is 3. The van der Waals surface area contributed by atoms with Gasteiger partial charge in [0.15, 0.2) is 0 Å². The van der Waals surface area contributed by atoms with E-state index in [2.05, 4.69) is 57.4 Å². The monoisotopic (exact) mass is 1160 g/mol. The number of aliphatic hydroxyl groups excluding tert-OH is 1. The van der Waals surface area contributed by atoms with Crippen LogP contribution in [0.5, 0.6) is 0 Å². The second-order valence-electron chi connectivity index (χ2n) is 20.8. The van der Waals surface area contributed by atoms with Crippen molar-refractivity contribution in [1.82, 2.24) is 57.2 Å². The van der Waals surface area contributed by atoms with Gasteiger partial charge >= 0.3 is 31.1 Å². The third-order valence-electron chi connectivity index (χ3n) is 14.7. The Morgan fingerprint density at radius 2 is 1.33 bits per heavy atom. The predicted molar refractivity (Wildman–Crippen MR) is 267 cm³/mol. The first-order valence-electron chi connectivity index (χ1n) is 25.2. The van der Waals surface area contributed by atoms with Crippen LogP contribution in [0.15, 0.2) is 55.0 Å². The van der Waals surface area contributed by atoms with Crippen molar-refractivity contribution in [2.75, 3.05) is 52.0 Å². The maximum atomic E-state index is 16.0. The molecule has 4 aliphatic heterocycles. The van der Waals surface area contributed by atoms with E-state index in [0.717, 1.165) is 59.6 Å². The van der Waals surface area contributed by atoms with Gasteiger partial charge in [-0.2, -0.15) is 35.1 Å². The highest BCUT2D eigenvalue weighted by Gasteiger charge is 2.57. The highest BCUT2D eigenvalue weighted by atomic mass is 19.4. The molecule has 0 saturated carbocycles. The van der Waals surface area contributed by atoms with E-state index in [1.807, 2.05) is 10.7 Å². The number of alkyl halides is 8. The number of hydrazine groups is 3. The normalized spacial score (nSPS) is 19.3. The van der Waals surface area contributed by atoms with Crippen LogP contribution in [0, 0.1) is 34.3 Å². The molecule has 81 heavy (non-hydrogen) atoms. The maximum absolute atomic E-state index is 16.0. The lowest BCUT2D eigenvalue weighted by Crippen LogP contribution is -2.63. The van der Waals surface area contributed by atoms with Gasteiger partial charge in [0.1, 0.15) is 23.7 Å². The fraction of sp³-hybridized carbons (Fsp3) is 0.529. The van der Waals surface area contributed by atoms with E-state index in [1.165, 1.54) is 24.3 Å². The minimum absolute atomic E-state index is 0.245. The van der Waals surface area contributed by atoms with Crippen LogP contribution >= 0.6 is 0 Å². The van der Waals surface area contributed by atoms with Crippen molar-refractivity contribution < 1.29 is 82.4 Å². The summed E-state index contributed by atoms with van der Waals surface area (Å²) in [5, 5.41) is 18.7. The minimum Gasteiger partial charge on any atom is -0.453 e. The number of amides is 4. The van der Waals surface area contributed by atoms with Gasteiger partial charge in [-0.3, -0.25) is 19.9 Å². The molecular weight excluding hydrogens is 1100 g/mol. The van der Waals surface area contributed by atoms with Crippen molar-refractivity contribution in [1.29, 1.82) is 0 Å². The molecule has 3 fully saturated rings. The van der Waals surface area contributed by atoms with Crippen LogP contribution in [0.4, 0.5) is 59.4 Å². The highest BCUT2D eigenvalue weighted by molar-refractivity contribution is 5.87. The second kappa shape index (κ2) is 24.9. The number of hydrogen-bond donors (Lipinski definition) is 7. The molecule has 4 aliphatic rings. The summed E-state index contributed by atoms with van der Waals surface area (Å²) >= 11 is 0. The highest BCUT2D eigenvalue weighted by Crippen LogP contribution is 2.42. The van der Waals surface area contributed by atoms with E-state index >= 15 is 8.78 Å². The predicted octanol–water partition coefficient (Wildman–Crippen LogP) is 4.60. The van der Waals surface area contributed by atoms with Gasteiger partial charge in [-0.1, -0.05) is 24.0 Å². The molecule has 4 amide bonds. The lowest BCUT2D eigenvalue weighted by molar-refractivity contribution is -0.221. The molecule has 3 aromatic rings. The number of halogens is 10. The second-order valence-corrected chi connectivity index (χ2v) is 20.8. The summed E-state index contributed by atoms with van der Waals surface area (Å²) in [6, 6.07) is 1.71. The zero-order valence-electron chi connectivity index (χ0n) is 44.4. The number of fused-ring (bicyclic) bond motifs is 2. The molecule has 20 nitrogen and oxygen atoms in total. The minimum atomic E-state index is -5.23. The van der Waals surface area contributed by atoms with Gasteiger partial charge in [0, 0.05) is 73.5 Å². The zero-order valence-corrected chi connectivity index (χ0v) is 44.4. The molecule has 0 spiro atoms. The molecule has 3 saturated heterocycles. The van der Waals surface area contributed by atoms with Crippen LogP contribution in [0.2, 0.25) is 0 Å². The Morgan fingerprint density at radius 1 is 0.802 bits per heavy atom. The number of methoxy groups -OCH3 is 2. The Kier molecular flexibility index (Phi) is 18.9. The van der Waals surface area contributed by atoms with Crippen molar-refractivity contribution in [3.05, 3.63) is 94.4 Å². The lowest BCUT2D eigenvalue weighted by Gasteiger charge is -2.47. The molecule has 7 N–H and O–H groups in total. The number of hydrogen-bond acceptors (Lipinski definition) is 16. The van der Waals surface area contributed by atoms with Crippen molar-refractivity contribution in [3.63, 3.8) is 0 Å². The third kappa shape index (κ3) is 14.3. The summed E-state index contributed by atoms with van der Waals surface area (Å²) in [6.07, 6.45) is -9.95. The number of carbonyl (C=O) groups is 4. The van der Waals surface area contributed by atoms with Crippen LogP contribution in [0.1, 0.15) is 68.4 Å². The molecule has 30 heteroatoms. The Hall–Kier alpha value is -7.20. The molecule has 442 valence electrons. The van der Waals surface area contributed by atoms with E-state index in [4.69, 9.17) is 4.74 Å². The van der Waals surface area contributed by atoms with Gasteiger partial charge in [0.25, 0.3) is 5.91 Å². The zero-order chi connectivity index (χ0) is 59.4. The first-order valence-corrected chi connectivity index (χ1v) is 25.2. The first-order chi connectivity index (χ1) is 38.0. The number of aliphatic hydroxyl groups is 1. The number of carbonyl (C=O) groups excluding carboxylic acids is 4. The SMILES string of the molecule is COC(=O)N[C@H](C(=O)N[C@@H](Cc1ccc(C#Cc2cnc(N3CC4CCC(C3)N4C3COC3)nc2)cc1)[C@@H](O)CN(Cc1c(F)cc(C2=CN(C(F)F)NN2)cc1F)NC(=O)[C@@H](NC(=O)OC)C(C)(C)C(F)(F)F)C(C)(C)C(F)(F)F. The van der Waals surface area contributed by atoms with E-state index in [0.29, 0.717) is 80.0 Å². The number of rotatable bonds is 19. The van der Waals surface area contributed by atoms with Crippen LogP contribution in [0.3, 0.4) is 0 Å².